The highest BCUT2D eigenvalue weighted by Gasteiger charge is 2.23. The van der Waals surface area contributed by atoms with E-state index in [1.165, 1.54) is 22.5 Å². The number of hydrogen-bond donors (Lipinski definition) is 5. The number of carbonyl (C=O) groups excluding carboxylic acids is 2. The van der Waals surface area contributed by atoms with Crippen LogP contribution in [-0.2, 0) is 25.5 Å². The zero-order valence-corrected chi connectivity index (χ0v) is 18.9. The van der Waals surface area contributed by atoms with Crippen LogP contribution in [0.3, 0.4) is 0 Å². The number of carboxylic acids is 1. The highest BCUT2D eigenvalue weighted by atomic mass is 32.1. The van der Waals surface area contributed by atoms with Crippen molar-refractivity contribution in [2.75, 3.05) is 13.8 Å². The van der Waals surface area contributed by atoms with Crippen molar-refractivity contribution in [1.82, 2.24) is 15.8 Å². The molecule has 10 heteroatoms. The minimum atomic E-state index is -0.956. The number of nitrogens with one attached hydrogen (secondary N) is 2. The normalized spacial score (nSPS) is 13.2. The number of aromatic hydroxyl groups is 1. The monoisotopic (exact) mass is 453 g/mol. The molecule has 0 aliphatic rings. The van der Waals surface area contributed by atoms with E-state index >= 15 is 0 Å². The van der Waals surface area contributed by atoms with Crippen molar-refractivity contribution in [2.24, 2.45) is 5.92 Å². The summed E-state index contributed by atoms with van der Waals surface area (Å²) in [4.78, 5) is 35.6. The van der Waals surface area contributed by atoms with Crippen LogP contribution in [0.4, 0.5) is 0 Å². The van der Waals surface area contributed by atoms with E-state index in [2.05, 4.69) is 23.4 Å². The molecule has 1 aromatic rings. The van der Waals surface area contributed by atoms with Crippen LogP contribution >= 0.6 is 12.6 Å². The van der Waals surface area contributed by atoms with Crippen LogP contribution in [0.15, 0.2) is 35.4 Å². The van der Waals surface area contributed by atoms with Crippen molar-refractivity contribution in [2.45, 2.75) is 45.6 Å². The quantitative estimate of drug-likeness (QED) is 0.101. The molecule has 0 saturated carbocycles. The Balaban J connectivity index is 2.79. The van der Waals surface area contributed by atoms with Gasteiger partial charge in [-0.1, -0.05) is 26.0 Å². The van der Waals surface area contributed by atoms with E-state index in [9.17, 15) is 24.6 Å². The van der Waals surface area contributed by atoms with Gasteiger partial charge in [0.15, 0.2) is 6.73 Å². The van der Waals surface area contributed by atoms with Crippen molar-refractivity contribution in [3.05, 3.63) is 40.9 Å². The predicted molar refractivity (Wildman–Crippen MR) is 119 cm³/mol. The molecule has 0 bridgehead atoms. The molecule has 0 radical (unpaired) electrons. The minimum absolute atomic E-state index is 0.110. The number of amides is 1. The summed E-state index contributed by atoms with van der Waals surface area (Å²) in [6.07, 6.45) is 1.58. The number of thiol groups is 1. The summed E-state index contributed by atoms with van der Waals surface area (Å²) < 4.78 is 5.01. The number of aliphatic carboxylic acids is 1. The molecule has 0 aromatic heterocycles. The topological polar surface area (TPSA) is 128 Å². The van der Waals surface area contributed by atoms with E-state index < -0.39 is 23.8 Å². The molecule has 172 valence electrons. The summed E-state index contributed by atoms with van der Waals surface area (Å²) in [6, 6.07) is 6.03. The average molecular weight is 454 g/mol. The second-order valence-corrected chi connectivity index (χ2v) is 7.42. The van der Waals surface area contributed by atoms with Gasteiger partial charge in [-0.3, -0.25) is 14.4 Å². The first-order valence-corrected chi connectivity index (χ1v) is 10.5. The molecule has 0 fully saturated rings. The fraction of sp³-hybridized carbons (Fsp3) is 0.476. The van der Waals surface area contributed by atoms with Crippen LogP contribution in [-0.4, -0.2) is 52.9 Å². The van der Waals surface area contributed by atoms with Crippen molar-refractivity contribution in [3.63, 3.8) is 0 Å². The zero-order valence-electron chi connectivity index (χ0n) is 18.0. The molecular formula is C21H31N3O6S. The van der Waals surface area contributed by atoms with Crippen molar-refractivity contribution < 1.29 is 29.3 Å². The Kier molecular flexibility index (Phi) is 11.5. The number of benzene rings is 1. The van der Waals surface area contributed by atoms with Crippen molar-refractivity contribution in [3.8, 4) is 5.75 Å². The maximum absolute atomic E-state index is 12.8. The number of phenolic OH excluding ortho intramolecular Hbond substituents is 1. The largest absolute Gasteiger partial charge is 0.508 e. The van der Waals surface area contributed by atoms with Gasteiger partial charge in [0.05, 0.1) is 5.92 Å². The van der Waals surface area contributed by atoms with Gasteiger partial charge in [-0.25, -0.2) is 0 Å². The van der Waals surface area contributed by atoms with E-state index in [1.54, 1.807) is 26.1 Å². The third kappa shape index (κ3) is 9.75. The number of carboxylic acid groups (broad SMARTS) is 1. The van der Waals surface area contributed by atoms with Gasteiger partial charge in [0, 0.05) is 19.5 Å². The van der Waals surface area contributed by atoms with E-state index in [0.717, 1.165) is 5.56 Å². The van der Waals surface area contributed by atoms with Crippen molar-refractivity contribution in [1.29, 1.82) is 0 Å². The second kappa shape index (κ2) is 13.6. The number of rotatable bonds is 13. The molecule has 9 nitrogen and oxygen atoms in total. The number of nitrogens with zero attached hydrogens (tertiary/aromatic N) is 1. The highest BCUT2D eigenvalue weighted by molar-refractivity contribution is 7.83. The summed E-state index contributed by atoms with van der Waals surface area (Å²) in [7, 11) is 1.57. The summed E-state index contributed by atoms with van der Waals surface area (Å²) >= 11 is 4.09. The molecule has 4 N–H and O–H groups in total. The van der Waals surface area contributed by atoms with Gasteiger partial charge < -0.3 is 25.3 Å². The molecule has 0 aliphatic heterocycles. The standard InChI is InChI=1S/C21H31N3O6S/c1-4-5-19(26)30-13-22-24(3)18(12-31)20(27)23-16(10-14(2)21(28)29)11-15-6-8-17(25)9-7-15/h6-9,12,14,16,22,25,31H,4-5,10-11,13H2,1-3H3,(H,23,27)(H,28,29)/b18-12-/t14-,16+/m0/s1. The Morgan fingerprint density at radius 3 is 2.45 bits per heavy atom. The number of phenols is 1. The van der Waals surface area contributed by atoms with E-state index in [1.807, 2.05) is 6.92 Å². The molecule has 0 saturated heterocycles. The first kappa shape index (κ1) is 26.3. The van der Waals surface area contributed by atoms with Crippen molar-refractivity contribution >= 4 is 30.5 Å². The van der Waals surface area contributed by atoms with Gasteiger partial charge in [0.1, 0.15) is 11.4 Å². The first-order valence-electron chi connectivity index (χ1n) is 9.96. The molecule has 1 amide bonds. The number of likely N-dealkylation sites (N-methyl/N-ethyl adjacent to an activating group) is 1. The molecular weight excluding hydrogens is 422 g/mol. The minimum Gasteiger partial charge on any atom is -0.508 e. The van der Waals surface area contributed by atoms with Gasteiger partial charge in [-0.15, -0.1) is 12.6 Å². The first-order chi connectivity index (χ1) is 14.7. The van der Waals surface area contributed by atoms with Gasteiger partial charge in [-0.05, 0) is 42.4 Å². The van der Waals surface area contributed by atoms with Crippen LogP contribution in [0.1, 0.15) is 38.7 Å². The maximum atomic E-state index is 12.8. The van der Waals surface area contributed by atoms with Crippen LogP contribution in [0.5, 0.6) is 5.75 Å². The molecule has 2 atom stereocenters. The van der Waals surface area contributed by atoms with E-state index in [4.69, 9.17) is 4.74 Å². The Morgan fingerprint density at radius 1 is 1.26 bits per heavy atom. The van der Waals surface area contributed by atoms with E-state index in [0.29, 0.717) is 19.3 Å². The highest BCUT2D eigenvalue weighted by Crippen LogP contribution is 2.16. The zero-order chi connectivity index (χ0) is 23.4. The maximum Gasteiger partial charge on any atom is 0.307 e. The molecule has 1 aromatic carbocycles. The van der Waals surface area contributed by atoms with Crippen LogP contribution in [0.2, 0.25) is 0 Å². The number of hydrogen-bond acceptors (Lipinski definition) is 8. The molecule has 31 heavy (non-hydrogen) atoms. The molecule has 0 spiro atoms. The lowest BCUT2D eigenvalue weighted by Gasteiger charge is -2.26. The fourth-order valence-corrected chi connectivity index (χ4v) is 3.06. The Labute approximate surface area is 187 Å². The summed E-state index contributed by atoms with van der Waals surface area (Å²) in [6.45, 7) is 3.33. The third-order valence-corrected chi connectivity index (χ3v) is 4.76. The lowest BCUT2D eigenvalue weighted by atomic mass is 9.96. The molecule has 0 aliphatic carbocycles. The summed E-state index contributed by atoms with van der Waals surface area (Å²) in [5.41, 5.74) is 3.78. The predicted octanol–water partition coefficient (Wildman–Crippen LogP) is 2.04. The fourth-order valence-electron chi connectivity index (χ4n) is 2.77. The van der Waals surface area contributed by atoms with Gasteiger partial charge in [-0.2, -0.15) is 5.43 Å². The molecule has 0 heterocycles. The molecule has 1 rings (SSSR count). The lowest BCUT2D eigenvalue weighted by molar-refractivity contribution is -0.146. The Bertz CT molecular complexity index is 769. The van der Waals surface area contributed by atoms with Gasteiger partial charge >= 0.3 is 11.9 Å². The third-order valence-electron chi connectivity index (χ3n) is 4.52. The average Bonchev–Trinajstić information content (AvgIpc) is 2.70. The Morgan fingerprint density at radius 2 is 1.90 bits per heavy atom. The van der Waals surface area contributed by atoms with Gasteiger partial charge in [0.2, 0.25) is 0 Å². The Hall–Kier alpha value is -2.72. The van der Waals surface area contributed by atoms with E-state index in [-0.39, 0.29) is 30.6 Å². The molecule has 0 unspecified atom stereocenters. The van der Waals surface area contributed by atoms with Crippen LogP contribution < -0.4 is 10.7 Å². The van der Waals surface area contributed by atoms with Crippen LogP contribution in [0, 0.1) is 5.92 Å². The lowest BCUT2D eigenvalue weighted by Crippen LogP contribution is -2.45. The smallest absolute Gasteiger partial charge is 0.307 e. The number of hydrazine groups is 1. The summed E-state index contributed by atoms with van der Waals surface area (Å²) in [5.74, 6) is -2.31. The number of ether oxygens (including phenoxy) is 1. The van der Waals surface area contributed by atoms with Gasteiger partial charge in [0.25, 0.3) is 5.91 Å². The summed E-state index contributed by atoms with van der Waals surface area (Å²) in [5, 5.41) is 24.2. The van der Waals surface area contributed by atoms with Crippen LogP contribution in [0.25, 0.3) is 0 Å². The SMILES string of the molecule is CCCC(=O)OCNN(C)/C(=C\S)C(=O)N[C@@H](Cc1ccc(O)cc1)C[C@H](C)C(=O)O. The number of carbonyl (C=O) groups is 3. The second-order valence-electron chi connectivity index (χ2n) is 7.16. The number of esters is 1.